The van der Waals surface area contributed by atoms with Gasteiger partial charge < -0.3 is 20.2 Å². The highest BCUT2D eigenvalue weighted by Crippen LogP contribution is 2.14. The number of rotatable bonds is 25. The van der Waals surface area contributed by atoms with Crippen LogP contribution in [0, 0.1) is 0 Å². The molecule has 33 heavy (non-hydrogen) atoms. The number of amides is 1. The molecular weight excluding hydrogens is 416 g/mol. The largest absolute Gasteiger partial charge is 0.395 e. The van der Waals surface area contributed by atoms with Crippen LogP contribution in [0.1, 0.15) is 117 Å². The molecule has 0 saturated carbocycles. The van der Waals surface area contributed by atoms with E-state index in [4.69, 9.17) is 0 Å². The standard InChI is InChI=1S/C27H56N2O4/c1-3-4-5-6-7-8-9-10-11-12-13-14-15-16-17-18-27(33)29(21-24-32)25-26(2)28(19-22-30)20-23-31/h26,30-32H,3-25H2,1-2H3. The second kappa shape index (κ2) is 24.4. The van der Waals surface area contributed by atoms with Crippen LogP contribution in [0.2, 0.25) is 0 Å². The van der Waals surface area contributed by atoms with Gasteiger partial charge in [-0.05, 0) is 13.3 Å². The van der Waals surface area contributed by atoms with Gasteiger partial charge in [0.25, 0.3) is 0 Å². The predicted molar refractivity (Wildman–Crippen MR) is 138 cm³/mol. The van der Waals surface area contributed by atoms with Gasteiger partial charge in [0.2, 0.25) is 5.91 Å². The van der Waals surface area contributed by atoms with Gasteiger partial charge in [-0.25, -0.2) is 0 Å². The van der Waals surface area contributed by atoms with Crippen molar-refractivity contribution < 1.29 is 20.1 Å². The molecule has 0 rings (SSSR count). The highest BCUT2D eigenvalue weighted by molar-refractivity contribution is 5.76. The van der Waals surface area contributed by atoms with Gasteiger partial charge >= 0.3 is 0 Å². The molecule has 1 atom stereocenters. The third-order valence-corrected chi connectivity index (χ3v) is 6.60. The fourth-order valence-corrected chi connectivity index (χ4v) is 4.49. The number of carbonyl (C=O) groups excluding carboxylic acids is 1. The topological polar surface area (TPSA) is 84.2 Å². The summed E-state index contributed by atoms with van der Waals surface area (Å²) in [7, 11) is 0. The second-order valence-electron chi connectivity index (χ2n) is 9.60. The van der Waals surface area contributed by atoms with E-state index in [-0.39, 0.29) is 31.8 Å². The first-order valence-electron chi connectivity index (χ1n) is 13.9. The molecule has 0 saturated heterocycles. The lowest BCUT2D eigenvalue weighted by Crippen LogP contribution is -2.47. The zero-order valence-electron chi connectivity index (χ0n) is 22.0. The van der Waals surface area contributed by atoms with Gasteiger partial charge in [-0.2, -0.15) is 0 Å². The quantitative estimate of drug-likeness (QED) is 0.167. The maximum atomic E-state index is 12.6. The minimum absolute atomic E-state index is 0.0252. The summed E-state index contributed by atoms with van der Waals surface area (Å²) in [5.41, 5.74) is 0. The molecule has 3 N–H and O–H groups in total. The number of hydrogen-bond donors (Lipinski definition) is 3. The molecule has 1 unspecified atom stereocenters. The third kappa shape index (κ3) is 19.3. The van der Waals surface area contributed by atoms with Crippen LogP contribution >= 0.6 is 0 Å². The summed E-state index contributed by atoms with van der Waals surface area (Å²) >= 11 is 0. The van der Waals surface area contributed by atoms with Crippen LogP contribution in [0.25, 0.3) is 0 Å². The Kier molecular flexibility index (Phi) is 23.9. The minimum atomic E-state index is -0.0443. The Morgan fingerprint density at radius 2 is 1.03 bits per heavy atom. The number of aliphatic hydroxyl groups is 3. The molecule has 0 aromatic rings. The Morgan fingerprint density at radius 1 is 0.636 bits per heavy atom. The van der Waals surface area contributed by atoms with E-state index >= 15 is 0 Å². The molecule has 1 amide bonds. The molecule has 6 heteroatoms. The Hall–Kier alpha value is -0.690. The summed E-state index contributed by atoms with van der Waals surface area (Å²) in [6.45, 7) is 6.07. The normalized spacial score (nSPS) is 12.4. The fourth-order valence-electron chi connectivity index (χ4n) is 4.49. The van der Waals surface area contributed by atoms with Crippen LogP contribution < -0.4 is 0 Å². The van der Waals surface area contributed by atoms with Gasteiger partial charge in [-0.1, -0.05) is 96.8 Å². The molecular formula is C27H56N2O4. The smallest absolute Gasteiger partial charge is 0.222 e. The maximum absolute atomic E-state index is 12.6. The van der Waals surface area contributed by atoms with Gasteiger partial charge in [0.15, 0.2) is 0 Å². The first-order valence-corrected chi connectivity index (χ1v) is 13.9. The summed E-state index contributed by atoms with van der Waals surface area (Å²) in [6, 6.07) is 0.0286. The summed E-state index contributed by atoms with van der Waals surface area (Å²) in [5, 5.41) is 27.8. The van der Waals surface area contributed by atoms with Crippen molar-refractivity contribution in [3.8, 4) is 0 Å². The van der Waals surface area contributed by atoms with Crippen LogP contribution in [0.3, 0.4) is 0 Å². The SMILES string of the molecule is CCCCCCCCCCCCCCCCCC(=O)N(CCO)CC(C)N(CCO)CCO. The molecule has 0 heterocycles. The van der Waals surface area contributed by atoms with E-state index < -0.39 is 0 Å². The number of unbranched alkanes of at least 4 members (excludes halogenated alkanes) is 14. The first-order chi connectivity index (χ1) is 16.1. The molecule has 0 radical (unpaired) electrons. The lowest BCUT2D eigenvalue weighted by atomic mass is 10.0. The average molecular weight is 473 g/mol. The van der Waals surface area contributed by atoms with Crippen LogP contribution in [0.5, 0.6) is 0 Å². The molecule has 0 aliphatic heterocycles. The maximum Gasteiger partial charge on any atom is 0.222 e. The molecule has 0 aliphatic carbocycles. The second-order valence-corrected chi connectivity index (χ2v) is 9.60. The number of aliphatic hydroxyl groups excluding tert-OH is 3. The molecule has 0 fully saturated rings. The molecule has 0 spiro atoms. The summed E-state index contributed by atoms with van der Waals surface area (Å²) in [4.78, 5) is 16.3. The molecule has 0 bridgehead atoms. The minimum Gasteiger partial charge on any atom is -0.395 e. The Labute approximate surface area is 204 Å². The van der Waals surface area contributed by atoms with Crippen LogP contribution in [0.4, 0.5) is 0 Å². The van der Waals surface area contributed by atoms with E-state index in [1.165, 1.54) is 83.5 Å². The van der Waals surface area contributed by atoms with Gasteiger partial charge in [0.05, 0.1) is 19.8 Å². The molecule has 198 valence electrons. The van der Waals surface area contributed by atoms with Gasteiger partial charge in [0.1, 0.15) is 0 Å². The van der Waals surface area contributed by atoms with Gasteiger partial charge in [0, 0.05) is 38.6 Å². The molecule has 0 aliphatic rings. The van der Waals surface area contributed by atoms with Gasteiger partial charge in [-0.15, -0.1) is 0 Å². The third-order valence-electron chi connectivity index (χ3n) is 6.60. The molecule has 0 aromatic heterocycles. The summed E-state index contributed by atoms with van der Waals surface area (Å²) in [5.74, 6) is 0.0959. The van der Waals surface area contributed by atoms with Crippen LogP contribution in [-0.2, 0) is 4.79 Å². The van der Waals surface area contributed by atoms with Crippen LogP contribution in [0.15, 0.2) is 0 Å². The van der Waals surface area contributed by atoms with Crippen molar-refractivity contribution in [1.82, 2.24) is 9.80 Å². The van der Waals surface area contributed by atoms with E-state index in [2.05, 4.69) is 6.92 Å². The van der Waals surface area contributed by atoms with E-state index in [0.29, 0.717) is 32.6 Å². The van der Waals surface area contributed by atoms with Crippen molar-refractivity contribution in [2.45, 2.75) is 123 Å². The lowest BCUT2D eigenvalue weighted by Gasteiger charge is -2.32. The van der Waals surface area contributed by atoms with E-state index in [0.717, 1.165) is 12.8 Å². The van der Waals surface area contributed by atoms with E-state index in [1.807, 2.05) is 11.8 Å². The van der Waals surface area contributed by atoms with Crippen molar-refractivity contribution in [3.63, 3.8) is 0 Å². The highest BCUT2D eigenvalue weighted by Gasteiger charge is 2.20. The van der Waals surface area contributed by atoms with Crippen molar-refractivity contribution >= 4 is 5.91 Å². The fraction of sp³-hybridized carbons (Fsp3) is 0.963. The summed E-state index contributed by atoms with van der Waals surface area (Å²) in [6.07, 6.45) is 20.2. The number of hydrogen-bond acceptors (Lipinski definition) is 5. The monoisotopic (exact) mass is 472 g/mol. The zero-order valence-corrected chi connectivity index (χ0v) is 22.0. The van der Waals surface area contributed by atoms with Crippen molar-refractivity contribution in [2.24, 2.45) is 0 Å². The molecule has 6 nitrogen and oxygen atoms in total. The highest BCUT2D eigenvalue weighted by atomic mass is 16.3. The van der Waals surface area contributed by atoms with Crippen LogP contribution in [-0.4, -0.2) is 83.1 Å². The zero-order chi connectivity index (χ0) is 24.6. The van der Waals surface area contributed by atoms with Gasteiger partial charge in [-0.3, -0.25) is 9.69 Å². The number of nitrogens with zero attached hydrogens (tertiary/aromatic N) is 2. The summed E-state index contributed by atoms with van der Waals surface area (Å²) < 4.78 is 0. The lowest BCUT2D eigenvalue weighted by molar-refractivity contribution is -0.132. The number of carbonyl (C=O) groups is 1. The average Bonchev–Trinajstić information content (AvgIpc) is 2.81. The van der Waals surface area contributed by atoms with E-state index in [1.54, 1.807) is 4.90 Å². The molecule has 0 aromatic carbocycles. The van der Waals surface area contributed by atoms with E-state index in [9.17, 15) is 20.1 Å². The van der Waals surface area contributed by atoms with Crippen molar-refractivity contribution in [1.29, 1.82) is 0 Å². The first kappa shape index (κ1) is 32.3. The van der Waals surface area contributed by atoms with Crippen molar-refractivity contribution in [3.05, 3.63) is 0 Å². The Balaban J connectivity index is 3.81. The van der Waals surface area contributed by atoms with Crippen molar-refractivity contribution in [2.75, 3.05) is 46.0 Å². The Morgan fingerprint density at radius 3 is 1.42 bits per heavy atom. The predicted octanol–water partition coefficient (Wildman–Crippen LogP) is 4.74. The Bertz CT molecular complexity index is 417.